The first-order valence-corrected chi connectivity index (χ1v) is 11.0. The number of nitrogens with two attached hydrogens (primary N) is 1. The van der Waals surface area contributed by atoms with Crippen LogP contribution in [-0.2, 0) is 24.0 Å². The Kier molecular flexibility index (Phi) is 10.6. The zero-order valence-corrected chi connectivity index (χ0v) is 19.2. The number of aliphatic carboxylic acids is 2. The fourth-order valence-corrected chi connectivity index (χ4v) is 3.70. The van der Waals surface area contributed by atoms with E-state index in [1.54, 1.807) is 6.92 Å². The minimum Gasteiger partial charge on any atom is -0.481 e. The van der Waals surface area contributed by atoms with Gasteiger partial charge >= 0.3 is 11.9 Å². The molecule has 11 heteroatoms. The van der Waals surface area contributed by atoms with E-state index < -0.39 is 60.2 Å². The van der Waals surface area contributed by atoms with E-state index in [2.05, 4.69) is 10.6 Å². The van der Waals surface area contributed by atoms with Crippen LogP contribution in [0.4, 0.5) is 0 Å². The maximum absolute atomic E-state index is 13.0. The minimum atomic E-state index is -1.26. The number of nitrogens with one attached hydrogen (secondary N) is 2. The van der Waals surface area contributed by atoms with Gasteiger partial charge in [-0.2, -0.15) is 0 Å². The SMILES string of the molecule is CCC(C)C(NC(=O)C(CC(C)C)NC(=O)C1CCCN1C(=O)C(N)CC(=O)O)C(=O)O. The van der Waals surface area contributed by atoms with Crippen molar-refractivity contribution in [2.75, 3.05) is 6.54 Å². The predicted molar refractivity (Wildman–Crippen MR) is 115 cm³/mol. The third-order valence-electron chi connectivity index (χ3n) is 5.67. The highest BCUT2D eigenvalue weighted by molar-refractivity contribution is 5.95. The minimum absolute atomic E-state index is 0.0308. The Balaban J connectivity index is 2.94. The average molecular weight is 457 g/mol. The summed E-state index contributed by atoms with van der Waals surface area (Å²) in [6, 6.07) is -4.19. The summed E-state index contributed by atoms with van der Waals surface area (Å²) in [5, 5.41) is 23.5. The van der Waals surface area contributed by atoms with Gasteiger partial charge in [-0.05, 0) is 31.1 Å². The highest BCUT2D eigenvalue weighted by atomic mass is 16.4. The summed E-state index contributed by atoms with van der Waals surface area (Å²) in [6.45, 7) is 7.54. The zero-order valence-electron chi connectivity index (χ0n) is 19.2. The summed E-state index contributed by atoms with van der Waals surface area (Å²) in [7, 11) is 0. The largest absolute Gasteiger partial charge is 0.481 e. The number of carbonyl (C=O) groups excluding carboxylic acids is 3. The van der Waals surface area contributed by atoms with Gasteiger partial charge in [0.15, 0.2) is 0 Å². The van der Waals surface area contributed by atoms with E-state index in [0.717, 1.165) is 0 Å². The summed E-state index contributed by atoms with van der Waals surface area (Å²) < 4.78 is 0. The van der Waals surface area contributed by atoms with Crippen LogP contribution in [0.25, 0.3) is 0 Å². The fourth-order valence-electron chi connectivity index (χ4n) is 3.70. The summed E-state index contributed by atoms with van der Waals surface area (Å²) in [5.41, 5.74) is 5.68. The van der Waals surface area contributed by atoms with Crippen molar-refractivity contribution < 1.29 is 34.2 Å². The smallest absolute Gasteiger partial charge is 0.326 e. The lowest BCUT2D eigenvalue weighted by molar-refractivity contribution is -0.145. The van der Waals surface area contributed by atoms with Gasteiger partial charge in [0, 0.05) is 6.54 Å². The average Bonchev–Trinajstić information content (AvgIpc) is 3.18. The van der Waals surface area contributed by atoms with Crippen LogP contribution in [0.3, 0.4) is 0 Å². The topological polar surface area (TPSA) is 179 Å². The molecule has 1 saturated heterocycles. The Labute approximate surface area is 188 Å². The van der Waals surface area contributed by atoms with Crippen molar-refractivity contribution in [3.05, 3.63) is 0 Å². The Morgan fingerprint density at radius 3 is 2.22 bits per heavy atom. The molecule has 11 nitrogen and oxygen atoms in total. The van der Waals surface area contributed by atoms with Gasteiger partial charge in [0.1, 0.15) is 18.1 Å². The van der Waals surface area contributed by atoms with E-state index >= 15 is 0 Å². The lowest BCUT2D eigenvalue weighted by Gasteiger charge is -2.29. The predicted octanol–water partition coefficient (Wildman–Crippen LogP) is -0.0742. The number of carboxylic acids is 2. The Bertz CT molecular complexity index is 712. The molecule has 6 N–H and O–H groups in total. The molecule has 3 amide bonds. The summed E-state index contributed by atoms with van der Waals surface area (Å²) in [5.74, 6) is -4.41. The van der Waals surface area contributed by atoms with Gasteiger partial charge < -0.3 is 31.5 Å². The number of amides is 3. The van der Waals surface area contributed by atoms with E-state index in [1.165, 1.54) is 4.90 Å². The van der Waals surface area contributed by atoms with Crippen LogP contribution in [0, 0.1) is 11.8 Å². The molecule has 0 spiro atoms. The molecule has 5 unspecified atom stereocenters. The van der Waals surface area contributed by atoms with Crippen molar-refractivity contribution in [1.29, 1.82) is 0 Å². The highest BCUT2D eigenvalue weighted by Crippen LogP contribution is 2.20. The molecule has 0 aliphatic carbocycles. The third kappa shape index (κ3) is 7.77. The zero-order chi connectivity index (χ0) is 24.6. The third-order valence-corrected chi connectivity index (χ3v) is 5.67. The van der Waals surface area contributed by atoms with E-state index in [4.69, 9.17) is 10.8 Å². The van der Waals surface area contributed by atoms with Gasteiger partial charge in [0.2, 0.25) is 17.7 Å². The van der Waals surface area contributed by atoms with Gasteiger partial charge in [-0.1, -0.05) is 34.1 Å². The molecular weight excluding hydrogens is 420 g/mol. The Morgan fingerprint density at radius 1 is 1.09 bits per heavy atom. The van der Waals surface area contributed by atoms with Gasteiger partial charge in [0.05, 0.1) is 12.5 Å². The lowest BCUT2D eigenvalue weighted by atomic mass is 9.97. The summed E-state index contributed by atoms with van der Waals surface area (Å²) in [4.78, 5) is 62.0. The van der Waals surface area contributed by atoms with Crippen molar-refractivity contribution in [2.24, 2.45) is 17.6 Å². The number of likely N-dealkylation sites (tertiary alicyclic amines) is 1. The molecule has 32 heavy (non-hydrogen) atoms. The molecule has 1 aliphatic rings. The van der Waals surface area contributed by atoms with Gasteiger partial charge in [-0.3, -0.25) is 19.2 Å². The van der Waals surface area contributed by atoms with Crippen molar-refractivity contribution in [3.63, 3.8) is 0 Å². The summed E-state index contributed by atoms with van der Waals surface area (Å²) in [6.07, 6.45) is 1.18. The van der Waals surface area contributed by atoms with E-state index in [9.17, 15) is 29.1 Å². The number of hydrogen-bond acceptors (Lipinski definition) is 6. The molecule has 1 rings (SSSR count). The van der Waals surface area contributed by atoms with Gasteiger partial charge in [-0.15, -0.1) is 0 Å². The lowest BCUT2D eigenvalue weighted by Crippen LogP contribution is -2.57. The number of carbonyl (C=O) groups is 5. The standard InChI is InChI=1S/C21H36N4O7/c1-5-12(4)17(21(31)32)24-18(28)14(9-11(2)3)23-19(29)15-7-6-8-25(15)20(30)13(22)10-16(26)27/h11-15,17H,5-10,22H2,1-4H3,(H,23,29)(H,24,28)(H,26,27)(H,31,32). The normalized spacial score (nSPS) is 19.7. The van der Waals surface area contributed by atoms with Crippen LogP contribution in [0.1, 0.15) is 59.8 Å². The van der Waals surface area contributed by atoms with Crippen molar-refractivity contribution in [3.8, 4) is 0 Å². The van der Waals surface area contributed by atoms with Crippen molar-refractivity contribution in [1.82, 2.24) is 15.5 Å². The van der Waals surface area contributed by atoms with Crippen LogP contribution >= 0.6 is 0 Å². The monoisotopic (exact) mass is 456 g/mol. The molecule has 182 valence electrons. The molecule has 1 fully saturated rings. The molecule has 0 aromatic carbocycles. The Morgan fingerprint density at radius 2 is 1.72 bits per heavy atom. The molecule has 0 aromatic rings. The van der Waals surface area contributed by atoms with Crippen LogP contribution in [-0.4, -0.2) is 75.5 Å². The summed E-state index contributed by atoms with van der Waals surface area (Å²) >= 11 is 0. The number of carboxylic acid groups (broad SMARTS) is 2. The molecule has 5 atom stereocenters. The molecule has 0 saturated carbocycles. The second-order valence-electron chi connectivity index (χ2n) is 8.79. The highest BCUT2D eigenvalue weighted by Gasteiger charge is 2.38. The number of rotatable bonds is 12. The van der Waals surface area contributed by atoms with Crippen LogP contribution in [0.5, 0.6) is 0 Å². The number of hydrogen-bond donors (Lipinski definition) is 5. The molecule has 1 heterocycles. The van der Waals surface area contributed by atoms with Crippen molar-refractivity contribution in [2.45, 2.75) is 84.0 Å². The first-order valence-electron chi connectivity index (χ1n) is 11.0. The number of nitrogens with zero attached hydrogens (tertiary/aromatic N) is 1. The molecule has 1 aliphatic heterocycles. The van der Waals surface area contributed by atoms with Crippen LogP contribution < -0.4 is 16.4 Å². The van der Waals surface area contributed by atoms with Crippen LogP contribution in [0.2, 0.25) is 0 Å². The molecule has 0 aromatic heterocycles. The van der Waals surface area contributed by atoms with Gasteiger partial charge in [-0.25, -0.2) is 4.79 Å². The second-order valence-corrected chi connectivity index (χ2v) is 8.79. The van der Waals surface area contributed by atoms with Crippen molar-refractivity contribution >= 4 is 29.7 Å². The fraction of sp³-hybridized carbons (Fsp3) is 0.762. The van der Waals surface area contributed by atoms with Crippen LogP contribution in [0.15, 0.2) is 0 Å². The van der Waals surface area contributed by atoms with Gasteiger partial charge in [0.25, 0.3) is 0 Å². The maximum Gasteiger partial charge on any atom is 0.326 e. The van der Waals surface area contributed by atoms with E-state index in [1.807, 2.05) is 20.8 Å². The second kappa shape index (κ2) is 12.4. The first kappa shape index (κ1) is 27.3. The molecule has 0 radical (unpaired) electrons. The van der Waals surface area contributed by atoms with E-state index in [0.29, 0.717) is 19.3 Å². The molecule has 0 bridgehead atoms. The first-order chi connectivity index (χ1) is 14.9. The maximum atomic E-state index is 13.0. The van der Waals surface area contributed by atoms with E-state index in [-0.39, 0.29) is 24.8 Å². The Hall–Kier alpha value is -2.69. The quantitative estimate of drug-likeness (QED) is 0.270. The molecular formula is C21H36N4O7.